The van der Waals surface area contributed by atoms with E-state index in [4.69, 9.17) is 4.74 Å². The predicted molar refractivity (Wildman–Crippen MR) is 98.7 cm³/mol. The van der Waals surface area contributed by atoms with Crippen molar-refractivity contribution in [1.29, 1.82) is 0 Å². The average Bonchev–Trinajstić information content (AvgIpc) is 3.24. The minimum Gasteiger partial charge on any atom is -0.370 e. The van der Waals surface area contributed by atoms with Gasteiger partial charge in [0.15, 0.2) is 0 Å². The minimum atomic E-state index is -0.159. The SMILES string of the molecule is CC1=CC2(CCN(C(=O)c3cc(-c4cccs4)nn3C)CC2)OCC1. The van der Waals surface area contributed by atoms with E-state index in [1.165, 1.54) is 5.57 Å². The van der Waals surface area contributed by atoms with Gasteiger partial charge in [-0.3, -0.25) is 9.48 Å². The van der Waals surface area contributed by atoms with Crippen molar-refractivity contribution >= 4 is 17.2 Å². The molecule has 1 saturated heterocycles. The van der Waals surface area contributed by atoms with Gasteiger partial charge in [-0.15, -0.1) is 11.3 Å². The van der Waals surface area contributed by atoms with E-state index >= 15 is 0 Å². The fraction of sp³-hybridized carbons (Fsp3) is 0.474. The lowest BCUT2D eigenvalue weighted by atomic mass is 9.87. The molecule has 0 N–H and O–H groups in total. The Balaban J connectivity index is 1.49. The average molecular weight is 357 g/mol. The minimum absolute atomic E-state index is 0.0594. The first-order valence-corrected chi connectivity index (χ1v) is 9.64. The Labute approximate surface area is 151 Å². The summed E-state index contributed by atoms with van der Waals surface area (Å²) in [6, 6.07) is 5.93. The van der Waals surface area contributed by atoms with Crippen LogP contribution in [0.5, 0.6) is 0 Å². The Hall–Kier alpha value is -1.92. The predicted octanol–water partition coefficient (Wildman–Crippen LogP) is 3.49. The van der Waals surface area contributed by atoms with Gasteiger partial charge in [-0.05, 0) is 43.7 Å². The van der Waals surface area contributed by atoms with Gasteiger partial charge in [0.2, 0.25) is 0 Å². The van der Waals surface area contributed by atoms with Gasteiger partial charge in [0.25, 0.3) is 5.91 Å². The molecule has 132 valence electrons. The van der Waals surface area contributed by atoms with Gasteiger partial charge in [0.1, 0.15) is 11.4 Å². The normalized spacial score (nSPS) is 19.9. The number of hydrogen-bond acceptors (Lipinski definition) is 4. The summed E-state index contributed by atoms with van der Waals surface area (Å²) in [7, 11) is 1.84. The van der Waals surface area contributed by atoms with Crippen LogP contribution < -0.4 is 0 Å². The second kappa shape index (κ2) is 6.42. The molecule has 6 heteroatoms. The third kappa shape index (κ3) is 3.16. The van der Waals surface area contributed by atoms with Crippen LogP contribution in [0.1, 0.15) is 36.7 Å². The molecular weight excluding hydrogens is 334 g/mol. The zero-order valence-corrected chi connectivity index (χ0v) is 15.5. The Morgan fingerprint density at radius 3 is 2.84 bits per heavy atom. The van der Waals surface area contributed by atoms with Crippen LogP contribution >= 0.6 is 11.3 Å². The van der Waals surface area contributed by atoms with E-state index in [-0.39, 0.29) is 11.5 Å². The van der Waals surface area contributed by atoms with Crippen molar-refractivity contribution in [3.8, 4) is 10.6 Å². The molecule has 0 unspecified atom stereocenters. The van der Waals surface area contributed by atoms with Crippen LogP contribution in [-0.4, -0.2) is 45.9 Å². The number of piperidine rings is 1. The van der Waals surface area contributed by atoms with Gasteiger partial charge in [-0.1, -0.05) is 17.7 Å². The lowest BCUT2D eigenvalue weighted by Gasteiger charge is -2.42. The molecule has 0 bridgehead atoms. The van der Waals surface area contributed by atoms with Crippen LogP contribution in [0.2, 0.25) is 0 Å². The third-order valence-electron chi connectivity index (χ3n) is 5.16. The highest BCUT2D eigenvalue weighted by Crippen LogP contribution is 2.33. The Bertz CT molecular complexity index is 799. The third-order valence-corrected chi connectivity index (χ3v) is 6.06. The summed E-state index contributed by atoms with van der Waals surface area (Å²) in [5.74, 6) is 0.0594. The monoisotopic (exact) mass is 357 g/mol. The second-order valence-electron chi connectivity index (χ2n) is 6.96. The summed E-state index contributed by atoms with van der Waals surface area (Å²) in [4.78, 5) is 16.0. The summed E-state index contributed by atoms with van der Waals surface area (Å²) < 4.78 is 7.75. The molecule has 0 atom stereocenters. The molecule has 0 aromatic carbocycles. The van der Waals surface area contributed by atoms with Crippen molar-refractivity contribution in [3.05, 3.63) is 40.9 Å². The summed E-state index contributed by atoms with van der Waals surface area (Å²) in [5, 5.41) is 6.53. The van der Waals surface area contributed by atoms with Crippen molar-refractivity contribution in [2.75, 3.05) is 19.7 Å². The molecule has 1 fully saturated rings. The first kappa shape index (κ1) is 16.5. The lowest BCUT2D eigenvalue weighted by Crippen LogP contribution is -2.48. The number of nitrogens with zero attached hydrogens (tertiary/aromatic N) is 3. The largest absolute Gasteiger partial charge is 0.370 e. The Kier molecular flexibility index (Phi) is 4.25. The van der Waals surface area contributed by atoms with Gasteiger partial charge in [0, 0.05) is 20.1 Å². The molecule has 4 heterocycles. The van der Waals surface area contributed by atoms with Crippen molar-refractivity contribution in [3.63, 3.8) is 0 Å². The number of aromatic nitrogens is 2. The number of hydrogen-bond donors (Lipinski definition) is 0. The number of carbonyl (C=O) groups is 1. The van der Waals surface area contributed by atoms with Crippen molar-refractivity contribution in [2.24, 2.45) is 7.05 Å². The first-order valence-electron chi connectivity index (χ1n) is 8.76. The molecule has 4 rings (SSSR count). The topological polar surface area (TPSA) is 47.4 Å². The number of rotatable bonds is 2. The summed E-state index contributed by atoms with van der Waals surface area (Å²) in [6.45, 7) is 4.41. The van der Waals surface area contributed by atoms with Crippen LogP contribution in [0, 0.1) is 0 Å². The molecular formula is C19H23N3O2S. The van der Waals surface area contributed by atoms with Crippen LogP contribution in [0.25, 0.3) is 10.6 Å². The zero-order valence-electron chi connectivity index (χ0n) is 14.7. The molecule has 0 radical (unpaired) electrons. The maximum absolute atomic E-state index is 13.0. The molecule has 2 aromatic heterocycles. The highest BCUT2D eigenvalue weighted by atomic mass is 32.1. The quantitative estimate of drug-likeness (QED) is 0.773. The maximum atomic E-state index is 13.0. The second-order valence-corrected chi connectivity index (χ2v) is 7.91. The van der Waals surface area contributed by atoms with Crippen LogP contribution in [-0.2, 0) is 11.8 Å². The maximum Gasteiger partial charge on any atom is 0.272 e. The fourth-order valence-corrected chi connectivity index (χ4v) is 4.41. The molecule has 2 aromatic rings. The van der Waals surface area contributed by atoms with E-state index in [1.54, 1.807) is 16.0 Å². The Morgan fingerprint density at radius 2 is 2.16 bits per heavy atom. The Morgan fingerprint density at radius 1 is 1.36 bits per heavy atom. The van der Waals surface area contributed by atoms with Crippen LogP contribution in [0.4, 0.5) is 0 Å². The summed E-state index contributed by atoms with van der Waals surface area (Å²) in [6.07, 6.45) is 5.03. The number of ether oxygens (including phenoxy) is 1. The van der Waals surface area contributed by atoms with Crippen LogP contribution in [0.3, 0.4) is 0 Å². The molecule has 0 saturated carbocycles. The van der Waals surface area contributed by atoms with Crippen molar-refractivity contribution in [2.45, 2.75) is 31.8 Å². The highest BCUT2D eigenvalue weighted by molar-refractivity contribution is 7.13. The van der Waals surface area contributed by atoms with Gasteiger partial charge in [-0.2, -0.15) is 5.10 Å². The van der Waals surface area contributed by atoms with Crippen molar-refractivity contribution in [1.82, 2.24) is 14.7 Å². The van der Waals surface area contributed by atoms with Gasteiger partial charge in [0.05, 0.1) is 17.1 Å². The highest BCUT2D eigenvalue weighted by Gasteiger charge is 2.37. The molecule has 1 amide bonds. The van der Waals surface area contributed by atoms with E-state index in [9.17, 15) is 4.79 Å². The van der Waals surface area contributed by atoms with E-state index in [0.717, 1.165) is 49.5 Å². The molecule has 5 nitrogen and oxygen atoms in total. The summed E-state index contributed by atoms with van der Waals surface area (Å²) >= 11 is 1.64. The molecule has 25 heavy (non-hydrogen) atoms. The first-order chi connectivity index (χ1) is 12.1. The fourth-order valence-electron chi connectivity index (χ4n) is 3.73. The molecule has 2 aliphatic heterocycles. The van der Waals surface area contributed by atoms with Gasteiger partial charge < -0.3 is 9.64 Å². The standard InChI is InChI=1S/C19H23N3O2S/c1-14-5-10-24-19(13-14)6-8-22(9-7-19)18(23)16-12-15(20-21(16)2)17-4-3-11-25-17/h3-4,11-13H,5-10H2,1-2H3. The number of likely N-dealkylation sites (tertiary alicyclic amines) is 1. The number of thiophene rings is 1. The van der Waals surface area contributed by atoms with E-state index in [2.05, 4.69) is 18.1 Å². The molecule has 1 spiro atoms. The lowest BCUT2D eigenvalue weighted by molar-refractivity contribution is -0.0523. The summed E-state index contributed by atoms with van der Waals surface area (Å²) in [5.41, 5.74) is 2.76. The van der Waals surface area contributed by atoms with Crippen molar-refractivity contribution < 1.29 is 9.53 Å². The molecule has 0 aliphatic carbocycles. The smallest absolute Gasteiger partial charge is 0.272 e. The number of carbonyl (C=O) groups excluding carboxylic acids is 1. The van der Waals surface area contributed by atoms with Gasteiger partial charge >= 0.3 is 0 Å². The zero-order chi connectivity index (χ0) is 17.4. The van der Waals surface area contributed by atoms with E-state index < -0.39 is 0 Å². The number of amides is 1. The van der Waals surface area contributed by atoms with E-state index in [0.29, 0.717) is 5.69 Å². The van der Waals surface area contributed by atoms with Crippen LogP contribution in [0.15, 0.2) is 35.2 Å². The van der Waals surface area contributed by atoms with E-state index in [1.807, 2.05) is 35.5 Å². The van der Waals surface area contributed by atoms with Gasteiger partial charge in [-0.25, -0.2) is 0 Å². The number of aryl methyl sites for hydroxylation is 1. The molecule has 2 aliphatic rings.